The van der Waals surface area contributed by atoms with Crippen LogP contribution in [0.4, 0.5) is 0 Å². The predicted octanol–water partition coefficient (Wildman–Crippen LogP) is 2.07. The van der Waals surface area contributed by atoms with Gasteiger partial charge in [0.05, 0.1) is 3.57 Å². The van der Waals surface area contributed by atoms with Crippen LogP contribution in [0.1, 0.15) is 0 Å². The zero-order chi connectivity index (χ0) is 9.14. The largest absolute Gasteiger partial charge is 0.740 e. The van der Waals surface area contributed by atoms with Crippen molar-refractivity contribution in [1.82, 2.24) is 0 Å². The first-order valence-electron chi connectivity index (χ1n) is 2.82. The molecule has 0 aromatic heterocycles. The second-order valence-electron chi connectivity index (χ2n) is 1.86. The maximum atomic E-state index is 10.2. The van der Waals surface area contributed by atoms with Crippen molar-refractivity contribution in [2.75, 3.05) is 0 Å². The molecular weight excluding hydrogens is 406 g/mol. The molecule has 0 amide bonds. The average molecular weight is 409 g/mol. The van der Waals surface area contributed by atoms with Crippen molar-refractivity contribution in [3.8, 4) is 5.75 Å². The summed E-state index contributed by atoms with van der Waals surface area (Å²) in [6.07, 6.45) is 0. The minimum atomic E-state index is -2.49. The molecule has 0 fully saturated rings. The lowest BCUT2D eigenvalue weighted by Gasteiger charge is -2.08. The summed E-state index contributed by atoms with van der Waals surface area (Å²) < 4.78 is 26.7. The highest BCUT2D eigenvalue weighted by molar-refractivity contribution is 14.1. The van der Waals surface area contributed by atoms with Crippen molar-refractivity contribution in [2.24, 2.45) is 0 Å². The molecule has 0 aliphatic rings. The van der Waals surface area contributed by atoms with Crippen LogP contribution in [0.3, 0.4) is 0 Å². The number of benzene rings is 1. The van der Waals surface area contributed by atoms with E-state index in [0.717, 1.165) is 7.14 Å². The molecule has 0 aliphatic carbocycles. The maximum absolute atomic E-state index is 10.2. The Balaban J connectivity index is 2.93. The van der Waals surface area contributed by atoms with Crippen molar-refractivity contribution in [3.05, 3.63) is 25.3 Å². The molecule has 1 unspecified atom stereocenters. The Morgan fingerprint density at radius 3 is 2.58 bits per heavy atom. The third-order valence-electron chi connectivity index (χ3n) is 1.05. The van der Waals surface area contributed by atoms with Gasteiger partial charge in [-0.25, -0.2) is 4.21 Å². The van der Waals surface area contributed by atoms with Crippen molar-refractivity contribution in [2.45, 2.75) is 0 Å². The van der Waals surface area contributed by atoms with Crippen molar-refractivity contribution < 1.29 is 12.9 Å². The summed E-state index contributed by atoms with van der Waals surface area (Å²) in [5, 5.41) is 0. The summed E-state index contributed by atoms with van der Waals surface area (Å²) >= 11 is 1.67. The molecule has 0 saturated carbocycles. The van der Waals surface area contributed by atoms with Gasteiger partial charge < -0.3 is 8.74 Å². The van der Waals surface area contributed by atoms with Gasteiger partial charge in [0.1, 0.15) is 11.4 Å². The Morgan fingerprint density at radius 2 is 2.08 bits per heavy atom. The fourth-order valence-corrected chi connectivity index (χ4v) is 2.77. The zero-order valence-electron chi connectivity index (χ0n) is 5.62. The molecule has 1 atom stereocenters. The van der Waals surface area contributed by atoms with Gasteiger partial charge in [-0.2, -0.15) is 0 Å². The first-order chi connectivity index (χ1) is 5.59. The van der Waals surface area contributed by atoms with E-state index >= 15 is 0 Å². The molecule has 1 aromatic rings. The van der Waals surface area contributed by atoms with Gasteiger partial charge in [0.25, 0.3) is 0 Å². The van der Waals surface area contributed by atoms with E-state index in [-0.39, 0.29) is 0 Å². The predicted molar refractivity (Wildman–Crippen MR) is 61.4 cm³/mol. The molecule has 0 aliphatic heterocycles. The van der Waals surface area contributed by atoms with Crippen LogP contribution in [-0.4, -0.2) is 8.76 Å². The highest BCUT2D eigenvalue weighted by Gasteiger charge is 2.00. The molecule has 0 radical (unpaired) electrons. The highest BCUT2D eigenvalue weighted by atomic mass is 127. The maximum Gasteiger partial charge on any atom is 0.152 e. The van der Waals surface area contributed by atoms with Gasteiger partial charge in [-0.05, 0) is 63.4 Å². The summed E-state index contributed by atoms with van der Waals surface area (Å²) in [6, 6.07) is 5.24. The van der Waals surface area contributed by atoms with Gasteiger partial charge in [0, 0.05) is 3.57 Å². The Morgan fingerprint density at radius 1 is 1.42 bits per heavy atom. The molecule has 12 heavy (non-hydrogen) atoms. The lowest BCUT2D eigenvalue weighted by molar-refractivity contribution is 0.439. The molecule has 1 aromatic carbocycles. The Hall–Kier alpha value is 0.590. The summed E-state index contributed by atoms with van der Waals surface area (Å²) in [5.74, 6) is 0.365. The first-order valence-corrected chi connectivity index (χ1v) is 5.98. The average Bonchev–Trinajstić information content (AvgIpc) is 1.94. The summed E-state index contributed by atoms with van der Waals surface area (Å²) in [4.78, 5) is 0. The molecule has 66 valence electrons. The quantitative estimate of drug-likeness (QED) is 0.556. The van der Waals surface area contributed by atoms with Crippen LogP contribution in [0.5, 0.6) is 5.75 Å². The normalized spacial score (nSPS) is 12.6. The van der Waals surface area contributed by atoms with Crippen LogP contribution in [-0.2, 0) is 11.4 Å². The van der Waals surface area contributed by atoms with Gasteiger partial charge in [0.2, 0.25) is 0 Å². The van der Waals surface area contributed by atoms with E-state index < -0.39 is 11.4 Å². The van der Waals surface area contributed by atoms with Gasteiger partial charge in [-0.3, -0.25) is 0 Å². The van der Waals surface area contributed by atoms with Crippen LogP contribution >= 0.6 is 45.2 Å². The zero-order valence-corrected chi connectivity index (χ0v) is 10.8. The molecule has 3 nitrogen and oxygen atoms in total. The second kappa shape index (κ2) is 4.72. The van der Waals surface area contributed by atoms with Gasteiger partial charge in [-0.1, -0.05) is 0 Å². The smallest absolute Gasteiger partial charge is 0.152 e. The monoisotopic (exact) mass is 409 g/mol. The number of hydrogen-bond acceptors (Lipinski definition) is 3. The van der Waals surface area contributed by atoms with E-state index in [1.807, 2.05) is 28.7 Å². The SMILES string of the molecule is O=S([O-])Oc1ccc(I)cc1I. The van der Waals surface area contributed by atoms with Crippen molar-refractivity contribution >= 4 is 56.5 Å². The minimum Gasteiger partial charge on any atom is -0.740 e. The fraction of sp³-hybridized carbons (Fsp3) is 0. The first kappa shape index (κ1) is 10.7. The standard InChI is InChI=1S/C6H4I2O3S/c7-4-1-2-6(5(8)3-4)11-12(9)10/h1-3H,(H,9,10)/p-1. The number of halogens is 2. The molecule has 1 rings (SSSR count). The van der Waals surface area contributed by atoms with E-state index in [2.05, 4.69) is 26.8 Å². The highest BCUT2D eigenvalue weighted by Crippen LogP contribution is 2.23. The molecule has 0 heterocycles. The molecule has 0 saturated heterocycles. The van der Waals surface area contributed by atoms with Crippen LogP contribution in [0, 0.1) is 7.14 Å². The van der Waals surface area contributed by atoms with Gasteiger partial charge in [0.15, 0.2) is 5.75 Å². The Labute approximate surface area is 99.7 Å². The van der Waals surface area contributed by atoms with Gasteiger partial charge in [-0.15, -0.1) is 0 Å². The summed E-state index contributed by atoms with van der Waals surface area (Å²) in [7, 11) is 0. The van der Waals surface area contributed by atoms with E-state index in [9.17, 15) is 8.76 Å². The van der Waals surface area contributed by atoms with E-state index in [4.69, 9.17) is 0 Å². The molecular formula is C6H3I2O3S-. The number of rotatable bonds is 2. The van der Waals surface area contributed by atoms with E-state index in [1.54, 1.807) is 12.1 Å². The number of hydrogen-bond donors (Lipinski definition) is 0. The summed E-state index contributed by atoms with van der Waals surface area (Å²) in [6.45, 7) is 0. The summed E-state index contributed by atoms with van der Waals surface area (Å²) in [5.41, 5.74) is 0. The van der Waals surface area contributed by atoms with Crippen molar-refractivity contribution in [3.63, 3.8) is 0 Å². The van der Waals surface area contributed by atoms with E-state index in [1.165, 1.54) is 0 Å². The van der Waals surface area contributed by atoms with Crippen molar-refractivity contribution in [1.29, 1.82) is 0 Å². The third-order valence-corrected chi connectivity index (χ3v) is 2.88. The molecule has 6 heteroatoms. The Kier molecular flexibility index (Phi) is 4.20. The fourth-order valence-electron chi connectivity index (χ4n) is 0.616. The minimum absolute atomic E-state index is 0.365. The van der Waals surface area contributed by atoms with E-state index in [0.29, 0.717) is 5.75 Å². The van der Waals surface area contributed by atoms with Crippen LogP contribution in [0.2, 0.25) is 0 Å². The van der Waals surface area contributed by atoms with Crippen LogP contribution in [0.25, 0.3) is 0 Å². The van der Waals surface area contributed by atoms with Crippen LogP contribution in [0.15, 0.2) is 18.2 Å². The van der Waals surface area contributed by atoms with Gasteiger partial charge >= 0.3 is 0 Å². The molecule has 0 bridgehead atoms. The lowest BCUT2D eigenvalue weighted by atomic mass is 10.3. The molecule has 0 N–H and O–H groups in total. The second-order valence-corrected chi connectivity index (χ2v) is 4.84. The lowest BCUT2D eigenvalue weighted by Crippen LogP contribution is -1.99. The topological polar surface area (TPSA) is 49.4 Å². The third kappa shape index (κ3) is 3.15. The Bertz CT molecular complexity index is 316. The molecule has 0 spiro atoms. The van der Waals surface area contributed by atoms with Crippen LogP contribution < -0.4 is 4.18 Å².